The minimum absolute atomic E-state index is 0.210. The molecule has 2 saturated carbocycles. The molecule has 2 fully saturated rings. The average molecular weight is 463 g/mol. The minimum Gasteiger partial charge on any atom is -0.298 e. The molecule has 4 aromatic rings. The first-order valence-corrected chi connectivity index (χ1v) is 12.9. The monoisotopic (exact) mass is 462 g/mol. The van der Waals surface area contributed by atoms with Gasteiger partial charge < -0.3 is 0 Å². The molecule has 7 nitrogen and oxygen atoms in total. The SMILES string of the molecule is Cc1ccc(S(=O)(=O)OC[C@H]2C[C@H](n3cc(-n4ccc5cccnc54)c(C4CC4)n3)C2)cc1. The molecule has 6 rings (SSSR count). The molecule has 0 unspecified atom stereocenters. The van der Waals surface area contributed by atoms with Crippen molar-refractivity contribution in [2.24, 2.45) is 5.92 Å². The van der Waals surface area contributed by atoms with Gasteiger partial charge in [-0.1, -0.05) is 17.7 Å². The van der Waals surface area contributed by atoms with Crippen LogP contribution >= 0.6 is 0 Å². The zero-order chi connectivity index (χ0) is 22.6. The highest BCUT2D eigenvalue weighted by Gasteiger charge is 2.36. The van der Waals surface area contributed by atoms with E-state index in [4.69, 9.17) is 9.28 Å². The van der Waals surface area contributed by atoms with Gasteiger partial charge in [0, 0.05) is 29.9 Å². The van der Waals surface area contributed by atoms with Crippen molar-refractivity contribution in [1.29, 1.82) is 0 Å². The maximum absolute atomic E-state index is 12.5. The number of hydrogen-bond acceptors (Lipinski definition) is 5. The molecule has 0 radical (unpaired) electrons. The smallest absolute Gasteiger partial charge is 0.296 e. The molecule has 0 saturated heterocycles. The van der Waals surface area contributed by atoms with Gasteiger partial charge in [0.15, 0.2) is 0 Å². The van der Waals surface area contributed by atoms with E-state index in [-0.39, 0.29) is 23.5 Å². The topological polar surface area (TPSA) is 79.0 Å². The lowest BCUT2D eigenvalue weighted by Gasteiger charge is -2.34. The van der Waals surface area contributed by atoms with Crippen LogP contribution in [0.3, 0.4) is 0 Å². The van der Waals surface area contributed by atoms with Crippen molar-refractivity contribution in [3.63, 3.8) is 0 Å². The third-order valence-corrected chi connectivity index (χ3v) is 8.06. The van der Waals surface area contributed by atoms with Crippen molar-refractivity contribution in [3.8, 4) is 5.69 Å². The van der Waals surface area contributed by atoms with Gasteiger partial charge in [-0.15, -0.1) is 0 Å². The Labute approximate surface area is 193 Å². The van der Waals surface area contributed by atoms with Crippen LogP contribution in [0, 0.1) is 12.8 Å². The molecule has 2 aliphatic rings. The molecule has 0 atom stereocenters. The van der Waals surface area contributed by atoms with E-state index < -0.39 is 10.1 Å². The summed E-state index contributed by atoms with van der Waals surface area (Å²) in [5, 5.41) is 6.08. The fraction of sp³-hybridized carbons (Fsp3) is 0.360. The van der Waals surface area contributed by atoms with Crippen molar-refractivity contribution in [1.82, 2.24) is 19.3 Å². The van der Waals surface area contributed by atoms with Gasteiger partial charge in [-0.05, 0) is 68.9 Å². The van der Waals surface area contributed by atoms with Crippen LogP contribution in [0.25, 0.3) is 16.7 Å². The van der Waals surface area contributed by atoms with Gasteiger partial charge in [-0.3, -0.25) is 13.4 Å². The molecule has 170 valence electrons. The van der Waals surface area contributed by atoms with Crippen LogP contribution < -0.4 is 0 Å². The summed E-state index contributed by atoms with van der Waals surface area (Å²) in [6, 6.07) is 13.1. The van der Waals surface area contributed by atoms with E-state index in [0.717, 1.165) is 40.8 Å². The molecule has 0 bridgehead atoms. The van der Waals surface area contributed by atoms with E-state index >= 15 is 0 Å². The predicted octanol–water partition coefficient (Wildman–Crippen LogP) is 4.76. The lowest BCUT2D eigenvalue weighted by Crippen LogP contribution is -2.31. The molecule has 0 spiro atoms. The number of aryl methyl sites for hydroxylation is 1. The highest BCUT2D eigenvalue weighted by molar-refractivity contribution is 7.86. The fourth-order valence-electron chi connectivity index (χ4n) is 4.59. The Balaban J connectivity index is 1.15. The number of benzene rings is 1. The number of pyridine rings is 1. The molecule has 2 aliphatic carbocycles. The Hall–Kier alpha value is -2.97. The van der Waals surface area contributed by atoms with Gasteiger partial charge in [0.1, 0.15) is 5.65 Å². The Morgan fingerprint density at radius 3 is 2.64 bits per heavy atom. The van der Waals surface area contributed by atoms with Crippen molar-refractivity contribution < 1.29 is 12.6 Å². The largest absolute Gasteiger partial charge is 0.298 e. The van der Waals surface area contributed by atoms with E-state index in [2.05, 4.69) is 38.8 Å². The molecule has 33 heavy (non-hydrogen) atoms. The second-order valence-electron chi connectivity index (χ2n) is 9.30. The summed E-state index contributed by atoms with van der Waals surface area (Å²) in [7, 11) is -3.72. The third kappa shape index (κ3) is 3.87. The highest BCUT2D eigenvalue weighted by atomic mass is 32.2. The molecule has 1 aromatic carbocycles. The predicted molar refractivity (Wildman–Crippen MR) is 125 cm³/mol. The van der Waals surface area contributed by atoms with Gasteiger partial charge in [-0.2, -0.15) is 13.5 Å². The summed E-state index contributed by atoms with van der Waals surface area (Å²) >= 11 is 0. The summed E-state index contributed by atoms with van der Waals surface area (Å²) in [4.78, 5) is 4.78. The standard InChI is InChI=1S/C25H26N4O3S/c1-17-4-8-22(9-5-17)33(30,31)32-16-18-13-21(14-18)29-15-23(24(27-29)19-6-7-19)28-12-10-20-3-2-11-26-25(20)28/h2-5,8-12,15,18-19,21H,6-7,13-14,16H2,1H3/t18-,21-. The zero-order valence-corrected chi connectivity index (χ0v) is 19.3. The van der Waals surface area contributed by atoms with Gasteiger partial charge in [-0.25, -0.2) is 4.98 Å². The van der Waals surface area contributed by atoms with E-state index in [1.54, 1.807) is 24.3 Å². The van der Waals surface area contributed by atoms with Crippen LogP contribution in [-0.4, -0.2) is 34.4 Å². The summed E-state index contributed by atoms with van der Waals surface area (Å²) in [6.45, 7) is 2.14. The summed E-state index contributed by atoms with van der Waals surface area (Å²) in [6.07, 6.45) is 10.1. The normalized spacial score (nSPS) is 20.8. The van der Waals surface area contributed by atoms with E-state index in [0.29, 0.717) is 5.92 Å². The number of fused-ring (bicyclic) bond motifs is 1. The Bertz CT molecular complexity index is 1410. The van der Waals surface area contributed by atoms with Crippen molar-refractivity contribution in [2.75, 3.05) is 6.61 Å². The number of aromatic nitrogens is 4. The van der Waals surface area contributed by atoms with Crippen LogP contribution in [-0.2, 0) is 14.3 Å². The second kappa shape index (κ2) is 7.81. The van der Waals surface area contributed by atoms with Crippen LogP contribution in [0.2, 0.25) is 0 Å². The molecule has 8 heteroatoms. The Kier molecular flexibility index (Phi) is 4.88. The second-order valence-corrected chi connectivity index (χ2v) is 10.9. The lowest BCUT2D eigenvalue weighted by molar-refractivity contribution is 0.120. The lowest BCUT2D eigenvalue weighted by atomic mass is 9.81. The first kappa shape index (κ1) is 20.6. The summed E-state index contributed by atoms with van der Waals surface area (Å²) in [5.41, 5.74) is 4.21. The number of nitrogens with zero attached hydrogens (tertiary/aromatic N) is 4. The maximum Gasteiger partial charge on any atom is 0.296 e. The van der Waals surface area contributed by atoms with Gasteiger partial charge in [0.05, 0.1) is 28.9 Å². The summed E-state index contributed by atoms with van der Waals surface area (Å²) < 4.78 is 34.5. The van der Waals surface area contributed by atoms with Crippen LogP contribution in [0.1, 0.15) is 48.9 Å². The number of rotatable bonds is 7. The quantitative estimate of drug-likeness (QED) is 0.370. The first-order chi connectivity index (χ1) is 16.0. The van der Waals surface area contributed by atoms with Gasteiger partial charge in [0.25, 0.3) is 10.1 Å². The Morgan fingerprint density at radius 2 is 1.88 bits per heavy atom. The van der Waals surface area contributed by atoms with Crippen molar-refractivity contribution in [3.05, 3.63) is 72.3 Å². The van der Waals surface area contributed by atoms with Gasteiger partial charge >= 0.3 is 0 Å². The Morgan fingerprint density at radius 1 is 1.09 bits per heavy atom. The molecular weight excluding hydrogens is 436 g/mol. The molecule has 0 N–H and O–H groups in total. The molecule has 0 amide bonds. The molecule has 0 aliphatic heterocycles. The van der Waals surface area contributed by atoms with Gasteiger partial charge in [0.2, 0.25) is 0 Å². The highest BCUT2D eigenvalue weighted by Crippen LogP contribution is 2.44. The molecule has 3 aromatic heterocycles. The van der Waals surface area contributed by atoms with E-state index in [9.17, 15) is 8.42 Å². The van der Waals surface area contributed by atoms with E-state index in [1.165, 1.54) is 12.8 Å². The van der Waals surface area contributed by atoms with Crippen LogP contribution in [0.4, 0.5) is 0 Å². The minimum atomic E-state index is -3.72. The summed E-state index contributed by atoms with van der Waals surface area (Å²) in [5.74, 6) is 0.725. The number of hydrogen-bond donors (Lipinski definition) is 0. The fourth-order valence-corrected chi connectivity index (χ4v) is 5.57. The van der Waals surface area contributed by atoms with Crippen LogP contribution in [0.15, 0.2) is 66.0 Å². The molecular formula is C25H26N4O3S. The first-order valence-electron chi connectivity index (χ1n) is 11.5. The van der Waals surface area contributed by atoms with Crippen molar-refractivity contribution >= 4 is 21.2 Å². The van der Waals surface area contributed by atoms with Crippen LogP contribution in [0.5, 0.6) is 0 Å². The molecule has 3 heterocycles. The average Bonchev–Trinajstić information content (AvgIpc) is 3.39. The van der Waals surface area contributed by atoms with Crippen molar-refractivity contribution in [2.45, 2.75) is 49.5 Å². The maximum atomic E-state index is 12.5. The zero-order valence-electron chi connectivity index (χ0n) is 18.5. The third-order valence-electron chi connectivity index (χ3n) is 6.77. The van der Waals surface area contributed by atoms with E-state index in [1.807, 2.05) is 19.2 Å².